The largest absolute Gasteiger partial charge is 0.461 e. The number of rotatable bonds is 23. The summed E-state index contributed by atoms with van der Waals surface area (Å²) in [6.07, 6.45) is 21.2. The fourth-order valence-corrected chi connectivity index (χ4v) is 12.7. The summed E-state index contributed by atoms with van der Waals surface area (Å²) in [7, 11) is 3.32. The summed E-state index contributed by atoms with van der Waals surface area (Å²) in [5.74, 6) is 6.25. The smallest absolute Gasteiger partial charge is 0.317 e. The van der Waals surface area contributed by atoms with Crippen molar-refractivity contribution in [1.29, 1.82) is 0 Å². The second-order valence-corrected chi connectivity index (χ2v) is 19.9. The van der Waals surface area contributed by atoms with Gasteiger partial charge in [-0.25, -0.2) is 0 Å². The Hall–Kier alpha value is -0.670. The number of nitrogens with one attached hydrogen (secondary N) is 1. The number of nitrogens with zero attached hydrogens (tertiary/aromatic N) is 1. The molecule has 0 aliphatic heterocycles. The zero-order valence-electron chi connectivity index (χ0n) is 32.8. The normalized spacial score (nSPS) is 31.0. The van der Waals surface area contributed by atoms with Crippen molar-refractivity contribution in [2.24, 2.45) is 57.8 Å². The number of unbranched alkanes of at least 4 members (excludes halogenated alkanes) is 1. The van der Waals surface area contributed by atoms with E-state index in [0.717, 1.165) is 118 Å². The van der Waals surface area contributed by atoms with Crippen LogP contribution in [-0.2, 0) is 9.53 Å². The SMILES string of the molecule is C=C(CSSCC(=O)O[C@H]1CC[C@@]2(C)C(=CC[C@H]3[C@@H]4CC[C@H]([C@H](C)CCCC(C)C)[C@@]4(C)CC[C@@H]32)C1)N(CCCN)CCCCNCCCN. The van der Waals surface area contributed by atoms with Crippen molar-refractivity contribution in [3.63, 3.8) is 0 Å². The molecule has 0 spiro atoms. The molecule has 0 aromatic carbocycles. The summed E-state index contributed by atoms with van der Waals surface area (Å²) in [5.41, 5.74) is 14.9. The number of hydrogen-bond acceptors (Lipinski definition) is 8. The molecule has 0 amide bonds. The molecule has 8 atom stereocenters. The minimum absolute atomic E-state index is 0.0342. The maximum absolute atomic E-state index is 13.0. The highest BCUT2D eigenvalue weighted by atomic mass is 33.1. The highest BCUT2D eigenvalue weighted by molar-refractivity contribution is 8.76. The number of carbonyl (C=O) groups is 1. The maximum Gasteiger partial charge on any atom is 0.317 e. The van der Waals surface area contributed by atoms with Crippen LogP contribution in [0.3, 0.4) is 0 Å². The van der Waals surface area contributed by atoms with Gasteiger partial charge in [-0.05, 0) is 143 Å². The summed E-state index contributed by atoms with van der Waals surface area (Å²) in [5, 5.41) is 3.46. The average molecular weight is 733 g/mol. The first-order valence-corrected chi connectivity index (χ1v) is 23.2. The number of esters is 1. The molecule has 0 unspecified atom stereocenters. The van der Waals surface area contributed by atoms with Gasteiger partial charge in [-0.15, -0.1) is 0 Å². The van der Waals surface area contributed by atoms with Crippen molar-refractivity contribution in [2.75, 3.05) is 50.8 Å². The molecule has 4 aliphatic rings. The van der Waals surface area contributed by atoms with Crippen LogP contribution < -0.4 is 16.8 Å². The Morgan fingerprint density at radius 3 is 2.44 bits per heavy atom. The van der Waals surface area contributed by atoms with Gasteiger partial charge in [0.15, 0.2) is 0 Å². The van der Waals surface area contributed by atoms with E-state index < -0.39 is 0 Å². The molecule has 6 nitrogen and oxygen atoms in total. The summed E-state index contributed by atoms with van der Waals surface area (Å²) in [6.45, 7) is 22.4. The van der Waals surface area contributed by atoms with Gasteiger partial charge >= 0.3 is 5.97 Å². The van der Waals surface area contributed by atoms with Gasteiger partial charge in [0.25, 0.3) is 0 Å². The topological polar surface area (TPSA) is 93.6 Å². The van der Waals surface area contributed by atoms with E-state index in [1.165, 1.54) is 57.8 Å². The van der Waals surface area contributed by atoms with Gasteiger partial charge in [0.05, 0.1) is 0 Å². The zero-order valence-corrected chi connectivity index (χ0v) is 34.5. The van der Waals surface area contributed by atoms with Crippen LogP contribution in [0, 0.1) is 46.3 Å². The Bertz CT molecular complexity index is 1090. The van der Waals surface area contributed by atoms with Gasteiger partial charge in [0, 0.05) is 31.0 Å². The molecule has 0 bridgehead atoms. The number of fused-ring (bicyclic) bond motifs is 5. The van der Waals surface area contributed by atoms with Crippen molar-refractivity contribution in [2.45, 2.75) is 137 Å². The molecule has 0 saturated heterocycles. The van der Waals surface area contributed by atoms with Gasteiger partial charge in [-0.3, -0.25) is 4.79 Å². The van der Waals surface area contributed by atoms with Crippen molar-refractivity contribution in [3.05, 3.63) is 23.9 Å². The third-order valence-corrected chi connectivity index (χ3v) is 15.9. The first-order chi connectivity index (χ1) is 24.0. The molecule has 4 aliphatic carbocycles. The van der Waals surface area contributed by atoms with E-state index in [1.54, 1.807) is 27.2 Å². The first kappa shape index (κ1) is 42.1. The van der Waals surface area contributed by atoms with Crippen LogP contribution in [0.2, 0.25) is 0 Å². The third-order valence-electron chi connectivity index (χ3n) is 13.7. The van der Waals surface area contributed by atoms with Gasteiger partial charge in [-0.2, -0.15) is 0 Å². The molecule has 8 heteroatoms. The monoisotopic (exact) mass is 733 g/mol. The van der Waals surface area contributed by atoms with E-state index in [4.69, 9.17) is 16.2 Å². The number of allylic oxidation sites excluding steroid dienone is 1. The highest BCUT2D eigenvalue weighted by Crippen LogP contribution is 2.67. The third kappa shape index (κ3) is 11.2. The lowest BCUT2D eigenvalue weighted by Crippen LogP contribution is -2.51. The Kier molecular flexibility index (Phi) is 17.4. The van der Waals surface area contributed by atoms with Gasteiger partial charge in [0.2, 0.25) is 0 Å². The van der Waals surface area contributed by atoms with Crippen molar-refractivity contribution in [1.82, 2.24) is 10.2 Å². The Morgan fingerprint density at radius 2 is 1.68 bits per heavy atom. The molecule has 0 radical (unpaired) electrons. The van der Waals surface area contributed by atoms with E-state index in [0.29, 0.717) is 17.7 Å². The fraction of sp³-hybridized carbons (Fsp3) is 0.881. The summed E-state index contributed by atoms with van der Waals surface area (Å²) in [4.78, 5) is 15.4. The minimum atomic E-state index is -0.0638. The van der Waals surface area contributed by atoms with Gasteiger partial charge in [0.1, 0.15) is 11.9 Å². The van der Waals surface area contributed by atoms with Crippen molar-refractivity contribution < 1.29 is 9.53 Å². The molecular weight excluding hydrogens is 657 g/mol. The Morgan fingerprint density at radius 1 is 0.940 bits per heavy atom. The van der Waals surface area contributed by atoms with E-state index in [-0.39, 0.29) is 17.5 Å². The van der Waals surface area contributed by atoms with Crippen LogP contribution in [0.25, 0.3) is 0 Å². The lowest BCUT2D eigenvalue weighted by atomic mass is 9.47. The van der Waals surface area contributed by atoms with Gasteiger partial charge < -0.3 is 26.4 Å². The molecule has 4 rings (SSSR count). The molecule has 288 valence electrons. The molecular formula is C42H76N4O2S2. The molecule has 5 N–H and O–H groups in total. The molecule has 3 saturated carbocycles. The molecule has 0 heterocycles. The first-order valence-electron chi connectivity index (χ1n) is 20.7. The Labute approximate surface area is 315 Å². The van der Waals surface area contributed by atoms with Crippen LogP contribution in [0.4, 0.5) is 0 Å². The standard InChI is InChI=1S/C42H76N4O2S2/c1-31(2)12-9-13-32(3)37-16-17-38-36-15-14-34-28-35(18-20-41(34,5)39(36)19-21-42(37,38)6)48-40(47)30-50-49-29-33(4)46(27-11-23-44)26-8-7-24-45-25-10-22-43/h14,31-32,35-39,45H,4,7-13,15-30,43-44H2,1-3,5-6H3/t32-,35+,36+,37-,38+,39+,41+,42-/m1/s1. The van der Waals surface area contributed by atoms with Crippen LogP contribution in [0.5, 0.6) is 0 Å². The van der Waals surface area contributed by atoms with E-state index in [9.17, 15) is 4.79 Å². The maximum atomic E-state index is 13.0. The van der Waals surface area contributed by atoms with Gasteiger partial charge in [-0.1, -0.05) is 93.7 Å². The van der Waals surface area contributed by atoms with E-state index >= 15 is 0 Å². The quantitative estimate of drug-likeness (QED) is 0.0415. The van der Waals surface area contributed by atoms with Crippen LogP contribution >= 0.6 is 21.6 Å². The summed E-state index contributed by atoms with van der Waals surface area (Å²) in [6, 6.07) is 0. The lowest BCUT2D eigenvalue weighted by Gasteiger charge is -2.58. The van der Waals surface area contributed by atoms with Crippen molar-refractivity contribution in [3.8, 4) is 0 Å². The molecule has 50 heavy (non-hydrogen) atoms. The van der Waals surface area contributed by atoms with Crippen LogP contribution in [0.15, 0.2) is 23.9 Å². The minimum Gasteiger partial charge on any atom is -0.461 e. The second-order valence-electron chi connectivity index (χ2n) is 17.5. The van der Waals surface area contributed by atoms with Crippen LogP contribution in [-0.4, -0.2) is 67.7 Å². The molecule has 0 aromatic heterocycles. The lowest BCUT2D eigenvalue weighted by molar-refractivity contribution is -0.148. The average Bonchev–Trinajstić information content (AvgIpc) is 3.44. The molecule has 3 fully saturated rings. The molecule has 0 aromatic rings. The van der Waals surface area contributed by atoms with Crippen LogP contribution in [0.1, 0.15) is 131 Å². The fourth-order valence-electron chi connectivity index (χ4n) is 10.9. The number of ether oxygens (including phenoxy) is 1. The van der Waals surface area contributed by atoms with E-state index in [1.807, 2.05) is 0 Å². The predicted molar refractivity (Wildman–Crippen MR) is 218 cm³/mol. The zero-order chi connectivity index (χ0) is 36.1. The Balaban J connectivity index is 1.19. The van der Waals surface area contributed by atoms with Crippen molar-refractivity contribution >= 4 is 27.6 Å². The highest BCUT2D eigenvalue weighted by Gasteiger charge is 2.59. The predicted octanol–water partition coefficient (Wildman–Crippen LogP) is 9.20. The number of nitrogens with two attached hydrogens (primary N) is 2. The summed E-state index contributed by atoms with van der Waals surface area (Å²) < 4.78 is 6.13. The number of hydrogen-bond donors (Lipinski definition) is 3. The number of carbonyl (C=O) groups excluding carboxylic acids is 1. The summed E-state index contributed by atoms with van der Waals surface area (Å²) >= 11 is 0. The second kappa shape index (κ2) is 20.7. The van der Waals surface area contributed by atoms with E-state index in [2.05, 4.69) is 57.5 Å².